The van der Waals surface area contributed by atoms with Crippen LogP contribution in [0.2, 0.25) is 0 Å². The number of ether oxygens (including phenoxy) is 14. The van der Waals surface area contributed by atoms with Gasteiger partial charge in [0.15, 0.2) is 44.0 Å². The molecule has 23 rings (SSSR count). The van der Waals surface area contributed by atoms with E-state index in [0.29, 0.717) is 42.7 Å². The smallest absolute Gasteiger partial charge is 0.154 e. The Balaban J connectivity index is 0.0000000973. The Labute approximate surface area is 663 Å². The molecule has 0 amide bonds. The van der Waals surface area contributed by atoms with Crippen molar-refractivity contribution in [2.24, 2.45) is 178 Å². The molecule has 0 aromatic carbocycles. The third-order valence-electron chi connectivity index (χ3n) is 36.9. The molecule has 38 atom stereocenters. The Morgan fingerprint density at radius 1 is 0.183 bits per heavy atom. The van der Waals surface area contributed by atoms with Gasteiger partial charge in [0.1, 0.15) is 0 Å². The van der Waals surface area contributed by atoms with E-state index in [9.17, 15) is 0 Å². The first-order valence-corrected chi connectivity index (χ1v) is 47.2. The van der Waals surface area contributed by atoms with Crippen LogP contribution in [0, 0.1) is 178 Å². The molecule has 23 aliphatic rings. The van der Waals surface area contributed by atoms with Gasteiger partial charge in [-0.2, -0.15) is 0 Å². The minimum atomic E-state index is -0.0323. The summed E-state index contributed by atoms with van der Waals surface area (Å²) in [5.74, 6) is 30.1. The van der Waals surface area contributed by atoms with Crippen LogP contribution in [0.4, 0.5) is 0 Å². The maximum Gasteiger partial charge on any atom is 0.154 e. The maximum atomic E-state index is 6.20. The van der Waals surface area contributed by atoms with Crippen LogP contribution in [0.15, 0.2) is 0 Å². The van der Waals surface area contributed by atoms with Crippen LogP contribution in [0.1, 0.15) is 286 Å². The van der Waals surface area contributed by atoms with E-state index in [-0.39, 0.29) is 44.0 Å². The molecular formula is C95H160O14. The fourth-order valence-corrected chi connectivity index (χ4v) is 32.9. The highest BCUT2D eigenvalue weighted by Gasteiger charge is 2.69. The van der Waals surface area contributed by atoms with Crippen molar-refractivity contribution < 1.29 is 66.3 Å². The van der Waals surface area contributed by atoms with Crippen molar-refractivity contribution in [3.8, 4) is 0 Å². The summed E-state index contributed by atoms with van der Waals surface area (Å²) in [7, 11) is 12.1. The molecule has 0 heterocycles. The molecule has 0 aliphatic heterocycles. The molecule has 0 N–H and O–H groups in total. The highest BCUT2D eigenvalue weighted by Crippen LogP contribution is 2.74. The molecule has 23 fully saturated rings. The van der Waals surface area contributed by atoms with Crippen LogP contribution < -0.4 is 0 Å². The number of rotatable bonds is 21. The van der Waals surface area contributed by atoms with Gasteiger partial charge >= 0.3 is 0 Å². The van der Waals surface area contributed by atoms with Crippen LogP contribution in [-0.4, -0.2) is 137 Å². The fourth-order valence-electron chi connectivity index (χ4n) is 32.9. The zero-order valence-electron chi connectivity index (χ0n) is 71.3. The zero-order chi connectivity index (χ0) is 75.5. The van der Waals surface area contributed by atoms with E-state index in [1.54, 1.807) is 75.5 Å². The quantitative estimate of drug-likeness (QED) is 0.0798. The van der Waals surface area contributed by atoms with Crippen molar-refractivity contribution in [2.75, 3.05) is 49.8 Å². The van der Waals surface area contributed by atoms with Gasteiger partial charge in [0.05, 0.1) is 42.7 Å². The predicted molar refractivity (Wildman–Crippen MR) is 425 cm³/mol. The van der Waals surface area contributed by atoms with Crippen LogP contribution >= 0.6 is 0 Å². The van der Waals surface area contributed by atoms with Gasteiger partial charge in [0.25, 0.3) is 0 Å². The number of methoxy groups -OCH3 is 7. The van der Waals surface area contributed by atoms with Crippen LogP contribution in [0.5, 0.6) is 0 Å². The normalized spacial score (nSPS) is 50.2. The van der Waals surface area contributed by atoms with E-state index in [4.69, 9.17) is 66.3 Å². The minimum Gasteiger partial charge on any atom is -0.356 e. The third kappa shape index (κ3) is 17.6. The summed E-state index contributed by atoms with van der Waals surface area (Å²) in [4.78, 5) is 0. The van der Waals surface area contributed by atoms with Gasteiger partial charge in [-0.05, 0) is 425 Å². The average molecular weight is 1530 g/mol. The lowest BCUT2D eigenvalue weighted by Crippen LogP contribution is -2.50. The molecular weight excluding hydrogens is 1370 g/mol. The van der Waals surface area contributed by atoms with E-state index in [1.165, 1.54) is 212 Å². The Kier molecular flexibility index (Phi) is 27.6. The first kappa shape index (κ1) is 82.2. The van der Waals surface area contributed by atoms with Gasteiger partial charge in [0.2, 0.25) is 0 Å². The van der Waals surface area contributed by atoms with Crippen LogP contribution in [0.25, 0.3) is 0 Å². The van der Waals surface area contributed by atoms with Crippen LogP contribution in [-0.2, 0) is 66.3 Å². The molecule has 109 heavy (non-hydrogen) atoms. The maximum absolute atomic E-state index is 6.20. The summed E-state index contributed by atoms with van der Waals surface area (Å²) in [6.45, 7) is 14.1. The molecule has 624 valence electrons. The van der Waals surface area contributed by atoms with E-state index in [1.807, 2.05) is 41.5 Å². The molecule has 23 aliphatic carbocycles. The summed E-state index contributed by atoms with van der Waals surface area (Å²) in [6, 6.07) is 0. The topological polar surface area (TPSA) is 129 Å². The summed E-state index contributed by atoms with van der Waals surface area (Å²) < 4.78 is 78.4. The fraction of sp³-hybridized carbons (Fsp3) is 1.00. The summed E-state index contributed by atoms with van der Waals surface area (Å²) in [6.07, 6.45) is 56.5. The molecule has 0 radical (unpaired) electrons. The average Bonchev–Trinajstić information content (AvgIpc) is 1.53. The van der Waals surface area contributed by atoms with Gasteiger partial charge in [0, 0.05) is 49.8 Å². The molecule has 18 bridgehead atoms. The summed E-state index contributed by atoms with van der Waals surface area (Å²) in [5.41, 5.74) is 0. The lowest BCUT2D eigenvalue weighted by molar-refractivity contribution is -0.210. The highest BCUT2D eigenvalue weighted by atomic mass is 16.7. The molecule has 0 spiro atoms. The Morgan fingerprint density at radius 3 is 1.16 bits per heavy atom. The van der Waals surface area contributed by atoms with Crippen molar-refractivity contribution in [2.45, 2.75) is 373 Å². The monoisotopic (exact) mass is 1530 g/mol. The van der Waals surface area contributed by atoms with Crippen LogP contribution in [0.3, 0.4) is 0 Å². The standard InChI is InChI=1S/C18H28O2.C15H24O2.3C13H22O2.C13H24O2.C10H18O2/c1-9(19-2)20-16-7-10-6-15(16)18-14-8-13(17(10)18)11-4-3-5-12(11)14;1-8(16-2)17-13-7-11-6-12(13)15-10-4-3-9(5-10)14(11)15;1-8(14-2)15-13-11-4-9-3-10(6-11)7-12(13)5-9;1-8(14-2)15-11-6-12-9-3-4-10(5-9)13(12)7-11;1-8(14-2)15-13-7-9-6-12(13)11-5-3-4-10(9)11;1-10(14-2)15-13-8-7-11-5-3-4-6-12(11)9-13;1-7(11-2)12-10-6-8-3-4-9(10)5-8/h9-18H,3-8H2,1-2H3;8-15H,3-7H2,1-2H3;3*8-13H,3-7H2,1-2H3;10-13H,3-9H2,1-2H3;7-10H,3-6H2,1-2H3. The first-order chi connectivity index (χ1) is 53.0. The second-order valence-electron chi connectivity index (χ2n) is 41.7. The van der Waals surface area contributed by atoms with E-state index in [0.717, 1.165) is 178 Å². The third-order valence-corrected chi connectivity index (χ3v) is 36.9. The predicted octanol–water partition coefficient (Wildman–Crippen LogP) is 20.8. The van der Waals surface area contributed by atoms with E-state index >= 15 is 0 Å². The highest BCUT2D eigenvalue weighted by molar-refractivity contribution is 5.17. The second-order valence-corrected chi connectivity index (χ2v) is 41.7. The minimum absolute atomic E-state index is 0.0172. The van der Waals surface area contributed by atoms with Gasteiger partial charge in [-0.25, -0.2) is 0 Å². The molecule has 38 unspecified atom stereocenters. The summed E-state index contributed by atoms with van der Waals surface area (Å²) in [5, 5.41) is 0. The number of fused-ring (bicyclic) bond motifs is 34. The van der Waals surface area contributed by atoms with Crippen molar-refractivity contribution in [3.05, 3.63) is 0 Å². The Bertz CT molecular complexity index is 2760. The van der Waals surface area contributed by atoms with Gasteiger partial charge in [-0.1, -0.05) is 38.5 Å². The van der Waals surface area contributed by atoms with Crippen molar-refractivity contribution >= 4 is 0 Å². The molecule has 0 saturated heterocycles. The van der Waals surface area contributed by atoms with E-state index < -0.39 is 0 Å². The van der Waals surface area contributed by atoms with Crippen molar-refractivity contribution in [1.82, 2.24) is 0 Å². The Hall–Kier alpha value is -0.560. The number of hydrogen-bond donors (Lipinski definition) is 0. The molecule has 0 aromatic heterocycles. The SMILES string of the molecule is COC(C)OC1C2CC3CC(C2)CC1C3.COC(C)OC1CC2C3CCC(C3)C2C1.COC(C)OC1CC2CC1C1C3CC(C4CCCC43)C21.COC(C)OC1CC2CC1C1C3CCC(C3)C21.COC(C)OC1CC2CC1C1CCCC21.COC(C)OC1CC2CCC1C2.COC(C)OC1CCC2CCCCC2C1. The molecule has 14 heteroatoms. The van der Waals surface area contributed by atoms with Crippen molar-refractivity contribution in [1.29, 1.82) is 0 Å². The molecule has 0 aromatic rings. The first-order valence-electron chi connectivity index (χ1n) is 47.2. The van der Waals surface area contributed by atoms with Gasteiger partial charge < -0.3 is 66.3 Å². The summed E-state index contributed by atoms with van der Waals surface area (Å²) >= 11 is 0. The van der Waals surface area contributed by atoms with Crippen molar-refractivity contribution in [3.63, 3.8) is 0 Å². The van der Waals surface area contributed by atoms with E-state index in [2.05, 4.69) is 6.92 Å². The molecule has 23 saturated carbocycles. The van der Waals surface area contributed by atoms with Gasteiger partial charge in [-0.15, -0.1) is 0 Å². The largest absolute Gasteiger partial charge is 0.356 e. The lowest BCUT2D eigenvalue weighted by Gasteiger charge is -2.54. The van der Waals surface area contributed by atoms with Gasteiger partial charge in [-0.3, -0.25) is 0 Å². The molecule has 14 nitrogen and oxygen atoms in total. The number of hydrogen-bond acceptors (Lipinski definition) is 14. The Morgan fingerprint density at radius 2 is 0.596 bits per heavy atom. The zero-order valence-corrected chi connectivity index (χ0v) is 71.3. The second kappa shape index (κ2) is 36.6. The lowest BCUT2D eigenvalue weighted by atomic mass is 9.55.